The highest BCUT2D eigenvalue weighted by atomic mass is 16.5. The van der Waals surface area contributed by atoms with Gasteiger partial charge in [-0.1, -0.05) is 13.3 Å². The molecule has 0 saturated carbocycles. The first-order valence-electron chi connectivity index (χ1n) is 5.54. The van der Waals surface area contributed by atoms with Gasteiger partial charge in [-0.05, 0) is 32.5 Å². The fraction of sp³-hybridized carbons (Fsp3) is 0.583. The SMILES string of the molecule is CCCCOc1ccc(C(C)NC)nc1. The summed E-state index contributed by atoms with van der Waals surface area (Å²) in [4.78, 5) is 4.34. The lowest BCUT2D eigenvalue weighted by atomic mass is 10.2. The monoisotopic (exact) mass is 208 g/mol. The van der Waals surface area contributed by atoms with E-state index in [0.717, 1.165) is 30.9 Å². The van der Waals surface area contributed by atoms with E-state index < -0.39 is 0 Å². The number of hydrogen-bond donors (Lipinski definition) is 1. The van der Waals surface area contributed by atoms with Gasteiger partial charge in [0.15, 0.2) is 0 Å². The van der Waals surface area contributed by atoms with Crippen LogP contribution >= 0.6 is 0 Å². The topological polar surface area (TPSA) is 34.1 Å². The molecule has 1 rings (SSSR count). The average Bonchev–Trinajstić information content (AvgIpc) is 2.29. The Morgan fingerprint density at radius 2 is 2.27 bits per heavy atom. The second kappa shape index (κ2) is 6.40. The van der Waals surface area contributed by atoms with Crippen LogP contribution in [0.4, 0.5) is 0 Å². The maximum absolute atomic E-state index is 5.53. The molecule has 3 nitrogen and oxygen atoms in total. The van der Waals surface area contributed by atoms with Crippen LogP contribution in [-0.2, 0) is 0 Å². The Morgan fingerprint density at radius 3 is 2.80 bits per heavy atom. The molecule has 0 fully saturated rings. The highest BCUT2D eigenvalue weighted by Gasteiger charge is 2.03. The molecule has 0 aliphatic carbocycles. The van der Waals surface area contributed by atoms with Gasteiger partial charge in [-0.3, -0.25) is 4.98 Å². The predicted octanol–water partition coefficient (Wildman–Crippen LogP) is 2.54. The molecule has 1 aromatic rings. The first-order valence-corrected chi connectivity index (χ1v) is 5.54. The van der Waals surface area contributed by atoms with E-state index in [1.165, 1.54) is 0 Å². The highest BCUT2D eigenvalue weighted by molar-refractivity contribution is 5.21. The minimum atomic E-state index is 0.287. The molecule has 0 bridgehead atoms. The van der Waals surface area contributed by atoms with Crippen molar-refractivity contribution in [3.63, 3.8) is 0 Å². The maximum atomic E-state index is 5.53. The molecule has 0 aliphatic heterocycles. The number of rotatable bonds is 6. The summed E-state index contributed by atoms with van der Waals surface area (Å²) in [6, 6.07) is 4.27. The summed E-state index contributed by atoms with van der Waals surface area (Å²) in [5, 5.41) is 3.15. The van der Waals surface area contributed by atoms with Gasteiger partial charge in [0.2, 0.25) is 0 Å². The zero-order chi connectivity index (χ0) is 11.1. The van der Waals surface area contributed by atoms with Crippen molar-refractivity contribution < 1.29 is 4.74 Å². The van der Waals surface area contributed by atoms with Crippen LogP contribution in [0.1, 0.15) is 38.4 Å². The van der Waals surface area contributed by atoms with E-state index in [9.17, 15) is 0 Å². The van der Waals surface area contributed by atoms with Crippen molar-refractivity contribution in [2.24, 2.45) is 0 Å². The molecule has 84 valence electrons. The van der Waals surface area contributed by atoms with Gasteiger partial charge in [0, 0.05) is 6.04 Å². The molecule has 0 aromatic carbocycles. The number of aromatic nitrogens is 1. The number of ether oxygens (including phenoxy) is 1. The minimum absolute atomic E-state index is 0.287. The van der Waals surface area contributed by atoms with Crippen LogP contribution in [0.2, 0.25) is 0 Å². The molecule has 3 heteroatoms. The third-order valence-corrected chi connectivity index (χ3v) is 2.40. The molecule has 1 N–H and O–H groups in total. The zero-order valence-corrected chi connectivity index (χ0v) is 9.79. The quantitative estimate of drug-likeness (QED) is 0.729. The summed E-state index contributed by atoms with van der Waals surface area (Å²) in [6.07, 6.45) is 4.04. The molecule has 15 heavy (non-hydrogen) atoms. The average molecular weight is 208 g/mol. The van der Waals surface area contributed by atoms with Gasteiger partial charge >= 0.3 is 0 Å². The van der Waals surface area contributed by atoms with Gasteiger partial charge in [0.05, 0.1) is 18.5 Å². The fourth-order valence-electron chi connectivity index (χ4n) is 1.22. The van der Waals surface area contributed by atoms with E-state index in [0.29, 0.717) is 0 Å². The van der Waals surface area contributed by atoms with E-state index in [1.807, 2.05) is 19.2 Å². The van der Waals surface area contributed by atoms with Crippen molar-refractivity contribution in [2.45, 2.75) is 32.7 Å². The standard InChI is InChI=1S/C12H20N2O/c1-4-5-8-15-11-6-7-12(14-9-11)10(2)13-3/h6-7,9-10,13H,4-5,8H2,1-3H3. The first kappa shape index (κ1) is 12.0. The van der Waals surface area contributed by atoms with Gasteiger partial charge in [-0.2, -0.15) is 0 Å². The minimum Gasteiger partial charge on any atom is -0.492 e. The summed E-state index contributed by atoms with van der Waals surface area (Å²) < 4.78 is 5.53. The third-order valence-electron chi connectivity index (χ3n) is 2.40. The number of unbranched alkanes of at least 4 members (excludes halogenated alkanes) is 1. The van der Waals surface area contributed by atoms with Crippen molar-refractivity contribution in [2.75, 3.05) is 13.7 Å². The predicted molar refractivity (Wildman–Crippen MR) is 62.1 cm³/mol. The summed E-state index contributed by atoms with van der Waals surface area (Å²) in [7, 11) is 1.93. The van der Waals surface area contributed by atoms with Crippen molar-refractivity contribution in [3.8, 4) is 5.75 Å². The second-order valence-corrected chi connectivity index (χ2v) is 3.63. The molecule has 0 saturated heterocycles. The Morgan fingerprint density at radius 1 is 1.47 bits per heavy atom. The van der Waals surface area contributed by atoms with Crippen molar-refractivity contribution in [1.82, 2.24) is 10.3 Å². The summed E-state index contributed by atoms with van der Waals surface area (Å²) in [5.41, 5.74) is 1.04. The number of nitrogens with zero attached hydrogens (tertiary/aromatic N) is 1. The first-order chi connectivity index (χ1) is 7.27. The van der Waals surface area contributed by atoms with Crippen LogP contribution in [0, 0.1) is 0 Å². The van der Waals surface area contributed by atoms with Gasteiger partial charge in [0.25, 0.3) is 0 Å². The van der Waals surface area contributed by atoms with Crippen LogP contribution in [0.25, 0.3) is 0 Å². The number of pyridine rings is 1. The molecule has 0 aliphatic rings. The van der Waals surface area contributed by atoms with Crippen LogP contribution in [0.15, 0.2) is 18.3 Å². The number of nitrogens with one attached hydrogen (secondary N) is 1. The second-order valence-electron chi connectivity index (χ2n) is 3.63. The molecule has 1 unspecified atom stereocenters. The van der Waals surface area contributed by atoms with Crippen LogP contribution in [0.3, 0.4) is 0 Å². The van der Waals surface area contributed by atoms with E-state index in [-0.39, 0.29) is 6.04 Å². The van der Waals surface area contributed by atoms with Crippen molar-refractivity contribution >= 4 is 0 Å². The van der Waals surface area contributed by atoms with Crippen molar-refractivity contribution in [3.05, 3.63) is 24.0 Å². The Bertz CT molecular complexity index is 271. The van der Waals surface area contributed by atoms with E-state index >= 15 is 0 Å². The number of hydrogen-bond acceptors (Lipinski definition) is 3. The smallest absolute Gasteiger partial charge is 0.137 e. The molecule has 1 aromatic heterocycles. The zero-order valence-electron chi connectivity index (χ0n) is 9.79. The molecule has 1 atom stereocenters. The Balaban J connectivity index is 2.49. The van der Waals surface area contributed by atoms with Gasteiger partial charge in [-0.25, -0.2) is 0 Å². The molecular weight excluding hydrogens is 188 g/mol. The fourth-order valence-corrected chi connectivity index (χ4v) is 1.22. The van der Waals surface area contributed by atoms with Gasteiger partial charge < -0.3 is 10.1 Å². The van der Waals surface area contributed by atoms with E-state index in [4.69, 9.17) is 4.74 Å². The Hall–Kier alpha value is -1.09. The van der Waals surface area contributed by atoms with Gasteiger partial charge in [0.1, 0.15) is 5.75 Å². The van der Waals surface area contributed by atoms with Crippen LogP contribution in [-0.4, -0.2) is 18.6 Å². The van der Waals surface area contributed by atoms with Gasteiger partial charge in [-0.15, -0.1) is 0 Å². The normalized spacial score (nSPS) is 12.5. The summed E-state index contributed by atoms with van der Waals surface area (Å²) in [6.45, 7) is 5.01. The molecule has 0 amide bonds. The molecule has 0 radical (unpaired) electrons. The highest BCUT2D eigenvalue weighted by Crippen LogP contribution is 2.14. The third kappa shape index (κ3) is 3.88. The lowest BCUT2D eigenvalue weighted by Crippen LogP contribution is -2.13. The Kier molecular flexibility index (Phi) is 5.12. The molecule has 0 spiro atoms. The van der Waals surface area contributed by atoms with E-state index in [2.05, 4.69) is 24.1 Å². The molecule has 1 heterocycles. The van der Waals surface area contributed by atoms with Crippen molar-refractivity contribution in [1.29, 1.82) is 0 Å². The van der Waals surface area contributed by atoms with Crippen LogP contribution < -0.4 is 10.1 Å². The lowest BCUT2D eigenvalue weighted by Gasteiger charge is -2.10. The maximum Gasteiger partial charge on any atom is 0.137 e. The molecular formula is C12H20N2O. The largest absolute Gasteiger partial charge is 0.492 e. The lowest BCUT2D eigenvalue weighted by molar-refractivity contribution is 0.308. The van der Waals surface area contributed by atoms with Crippen LogP contribution in [0.5, 0.6) is 5.75 Å². The van der Waals surface area contributed by atoms with E-state index in [1.54, 1.807) is 6.20 Å². The summed E-state index contributed by atoms with van der Waals surface area (Å²) >= 11 is 0. The summed E-state index contributed by atoms with van der Waals surface area (Å²) in [5.74, 6) is 0.857. The Labute approximate surface area is 91.9 Å².